The highest BCUT2D eigenvalue weighted by Crippen LogP contribution is 2.29. The van der Waals surface area contributed by atoms with Gasteiger partial charge in [-0.25, -0.2) is 18.1 Å². The molecule has 0 radical (unpaired) electrons. The molecule has 7 nitrogen and oxygen atoms in total. The van der Waals surface area contributed by atoms with Crippen LogP contribution in [0.4, 0.5) is 5.69 Å². The Labute approximate surface area is 170 Å². The molecule has 0 atom stereocenters. The summed E-state index contributed by atoms with van der Waals surface area (Å²) in [5, 5.41) is 0. The molecule has 2 aromatic carbocycles. The lowest BCUT2D eigenvalue weighted by atomic mass is 10.0. The first-order chi connectivity index (χ1) is 13.9. The number of rotatable bonds is 5. The number of hydrogen-bond acceptors (Lipinski definition) is 4. The number of nitrogens with zero attached hydrogens (tertiary/aromatic N) is 3. The number of imidazole rings is 1. The van der Waals surface area contributed by atoms with Gasteiger partial charge in [-0.15, -0.1) is 0 Å². The first-order valence-electron chi connectivity index (χ1n) is 9.75. The van der Waals surface area contributed by atoms with Gasteiger partial charge in [0, 0.05) is 25.7 Å². The van der Waals surface area contributed by atoms with E-state index in [2.05, 4.69) is 9.71 Å². The van der Waals surface area contributed by atoms with Crippen molar-refractivity contribution >= 4 is 32.7 Å². The largest absolute Gasteiger partial charge is 0.327 e. The lowest BCUT2D eigenvalue weighted by Crippen LogP contribution is -2.33. The van der Waals surface area contributed by atoms with Crippen molar-refractivity contribution in [1.82, 2.24) is 14.3 Å². The molecule has 0 fully saturated rings. The molecular weight excluding hydrogens is 388 g/mol. The van der Waals surface area contributed by atoms with Crippen LogP contribution >= 0.6 is 0 Å². The van der Waals surface area contributed by atoms with Crippen LogP contribution in [0.3, 0.4) is 0 Å². The normalized spacial score (nSPS) is 14.2. The van der Waals surface area contributed by atoms with Crippen molar-refractivity contribution in [2.75, 3.05) is 11.4 Å². The average Bonchev–Trinajstić information content (AvgIpc) is 3.09. The number of sulfonamides is 1. The second-order valence-electron chi connectivity index (χ2n) is 7.15. The maximum Gasteiger partial charge on any atom is 0.240 e. The summed E-state index contributed by atoms with van der Waals surface area (Å²) in [6, 6.07) is 12.7. The Balaban J connectivity index is 1.59. The number of anilines is 1. The number of carbonyl (C=O) groups excluding carboxylic acids is 1. The fourth-order valence-electron chi connectivity index (χ4n) is 3.92. The molecular formula is C21H24N4O3S. The van der Waals surface area contributed by atoms with Crippen LogP contribution in [0.2, 0.25) is 0 Å². The smallest absolute Gasteiger partial charge is 0.240 e. The number of aryl methyl sites for hydroxylation is 2. The summed E-state index contributed by atoms with van der Waals surface area (Å²) in [4.78, 5) is 18.3. The van der Waals surface area contributed by atoms with Crippen LogP contribution in [-0.2, 0) is 34.3 Å². The number of para-hydroxylation sites is 2. The predicted molar refractivity (Wildman–Crippen MR) is 112 cm³/mol. The average molecular weight is 413 g/mol. The standard InChI is InChI=1S/C21H24N4O3S/c1-3-24-20-9-5-4-8-18(20)23-21(24)14-22-29(27,28)17-10-11-19-16(13-17)7-6-12-25(19)15(2)26/h4-5,8-11,13,22H,3,6-7,12,14H2,1-2H3. The van der Waals surface area contributed by atoms with Crippen molar-refractivity contribution in [1.29, 1.82) is 0 Å². The molecule has 29 heavy (non-hydrogen) atoms. The van der Waals surface area contributed by atoms with Crippen LogP contribution in [0.5, 0.6) is 0 Å². The highest BCUT2D eigenvalue weighted by atomic mass is 32.2. The first kappa shape index (κ1) is 19.6. The van der Waals surface area contributed by atoms with E-state index in [1.165, 1.54) is 6.92 Å². The Hall–Kier alpha value is -2.71. The maximum atomic E-state index is 12.9. The Bertz CT molecular complexity index is 1180. The Morgan fingerprint density at radius 2 is 2.00 bits per heavy atom. The molecule has 0 aliphatic carbocycles. The number of aromatic nitrogens is 2. The van der Waals surface area contributed by atoms with Crippen molar-refractivity contribution in [3.63, 3.8) is 0 Å². The minimum absolute atomic E-state index is 0.0295. The monoisotopic (exact) mass is 412 g/mol. The van der Waals surface area contributed by atoms with Crippen molar-refractivity contribution in [2.24, 2.45) is 0 Å². The van der Waals surface area contributed by atoms with E-state index in [4.69, 9.17) is 0 Å². The van der Waals surface area contributed by atoms with E-state index in [0.717, 1.165) is 35.1 Å². The predicted octanol–water partition coefficient (Wildman–Crippen LogP) is 2.83. The third-order valence-corrected chi connectivity index (χ3v) is 6.73. The van der Waals surface area contributed by atoms with Crippen LogP contribution < -0.4 is 9.62 Å². The minimum Gasteiger partial charge on any atom is -0.327 e. The summed E-state index contributed by atoms with van der Waals surface area (Å²) in [5.41, 5.74) is 3.52. The molecule has 8 heteroatoms. The third-order valence-electron chi connectivity index (χ3n) is 5.33. The van der Waals surface area contributed by atoms with Crippen LogP contribution in [-0.4, -0.2) is 30.4 Å². The topological polar surface area (TPSA) is 84.3 Å². The van der Waals surface area contributed by atoms with Crippen molar-refractivity contribution in [3.8, 4) is 0 Å². The van der Waals surface area contributed by atoms with E-state index < -0.39 is 10.0 Å². The summed E-state index contributed by atoms with van der Waals surface area (Å²) in [7, 11) is -3.70. The highest BCUT2D eigenvalue weighted by molar-refractivity contribution is 7.89. The lowest BCUT2D eigenvalue weighted by molar-refractivity contribution is -0.116. The number of hydrogen-bond donors (Lipinski definition) is 1. The van der Waals surface area contributed by atoms with Gasteiger partial charge in [-0.2, -0.15) is 0 Å². The second-order valence-corrected chi connectivity index (χ2v) is 8.92. The molecule has 0 saturated heterocycles. The Morgan fingerprint density at radius 1 is 1.21 bits per heavy atom. The second kappa shape index (κ2) is 7.61. The van der Waals surface area contributed by atoms with E-state index in [1.54, 1.807) is 23.1 Å². The van der Waals surface area contributed by atoms with Crippen molar-refractivity contribution < 1.29 is 13.2 Å². The molecule has 1 N–H and O–H groups in total. The zero-order chi connectivity index (χ0) is 20.6. The van der Waals surface area contributed by atoms with Gasteiger partial charge in [-0.3, -0.25) is 4.79 Å². The highest BCUT2D eigenvalue weighted by Gasteiger charge is 2.23. The van der Waals surface area contributed by atoms with Crippen LogP contribution in [0.25, 0.3) is 11.0 Å². The summed E-state index contributed by atoms with van der Waals surface area (Å²) >= 11 is 0. The minimum atomic E-state index is -3.70. The molecule has 4 rings (SSSR count). The van der Waals surface area contributed by atoms with Gasteiger partial charge in [0.1, 0.15) is 5.82 Å². The lowest BCUT2D eigenvalue weighted by Gasteiger charge is -2.28. The fraction of sp³-hybridized carbons (Fsp3) is 0.333. The number of carbonyl (C=O) groups is 1. The van der Waals surface area contributed by atoms with Gasteiger partial charge in [-0.1, -0.05) is 12.1 Å². The molecule has 0 unspecified atom stereocenters. The van der Waals surface area contributed by atoms with Crippen molar-refractivity contribution in [2.45, 2.75) is 44.7 Å². The Morgan fingerprint density at radius 3 is 2.76 bits per heavy atom. The molecule has 152 valence electrons. The molecule has 1 aliphatic heterocycles. The molecule has 1 aliphatic rings. The van der Waals surface area contributed by atoms with Gasteiger partial charge in [0.15, 0.2) is 0 Å². The van der Waals surface area contributed by atoms with E-state index in [1.807, 2.05) is 35.8 Å². The summed E-state index contributed by atoms with van der Waals surface area (Å²) in [6.45, 7) is 5.02. The third kappa shape index (κ3) is 3.65. The van der Waals surface area contributed by atoms with Crippen LogP contribution in [0.15, 0.2) is 47.4 Å². The quantitative estimate of drug-likeness (QED) is 0.698. The van der Waals surface area contributed by atoms with Gasteiger partial charge in [0.2, 0.25) is 15.9 Å². The molecule has 0 spiro atoms. The molecule has 3 aromatic rings. The Kier molecular flexibility index (Phi) is 5.14. The van der Waals surface area contributed by atoms with Gasteiger partial charge in [0.25, 0.3) is 0 Å². The molecule has 0 saturated carbocycles. The van der Waals surface area contributed by atoms with Gasteiger partial charge in [-0.05, 0) is 55.7 Å². The number of fused-ring (bicyclic) bond motifs is 2. The fourth-order valence-corrected chi connectivity index (χ4v) is 4.95. The van der Waals surface area contributed by atoms with E-state index in [-0.39, 0.29) is 17.3 Å². The summed E-state index contributed by atoms with van der Waals surface area (Å²) in [6.07, 6.45) is 1.58. The van der Waals surface area contributed by atoms with Gasteiger partial charge < -0.3 is 9.47 Å². The summed E-state index contributed by atoms with van der Waals surface area (Å²) < 4.78 is 30.5. The molecule has 1 amide bonds. The maximum absolute atomic E-state index is 12.9. The van der Waals surface area contributed by atoms with Crippen LogP contribution in [0.1, 0.15) is 31.7 Å². The van der Waals surface area contributed by atoms with Gasteiger partial charge in [0.05, 0.1) is 22.5 Å². The van der Waals surface area contributed by atoms with Crippen LogP contribution in [0, 0.1) is 0 Å². The van der Waals surface area contributed by atoms with E-state index in [0.29, 0.717) is 18.9 Å². The zero-order valence-electron chi connectivity index (χ0n) is 16.6. The van der Waals surface area contributed by atoms with Crippen molar-refractivity contribution in [3.05, 3.63) is 53.9 Å². The van der Waals surface area contributed by atoms with E-state index >= 15 is 0 Å². The summed E-state index contributed by atoms with van der Waals surface area (Å²) in [5.74, 6) is 0.649. The zero-order valence-corrected chi connectivity index (χ0v) is 17.4. The number of nitrogens with one attached hydrogen (secondary N) is 1. The molecule has 1 aromatic heterocycles. The molecule has 0 bridgehead atoms. The number of benzene rings is 2. The number of amides is 1. The van der Waals surface area contributed by atoms with Gasteiger partial charge >= 0.3 is 0 Å². The molecule has 2 heterocycles. The van der Waals surface area contributed by atoms with E-state index in [9.17, 15) is 13.2 Å². The SMILES string of the molecule is CCn1c(CNS(=O)(=O)c2ccc3c(c2)CCCN3C(C)=O)nc2ccccc21. The first-order valence-corrected chi connectivity index (χ1v) is 11.2.